The number of nitrogens with zero attached hydrogens (tertiary/aromatic N) is 1. The Morgan fingerprint density at radius 2 is 1.86 bits per heavy atom. The highest BCUT2D eigenvalue weighted by Crippen LogP contribution is 2.26. The fourth-order valence-electron chi connectivity index (χ4n) is 2.16. The summed E-state index contributed by atoms with van der Waals surface area (Å²) in [5, 5.41) is 2.85. The van der Waals surface area contributed by atoms with E-state index in [-0.39, 0.29) is 5.91 Å². The van der Waals surface area contributed by atoms with Crippen LogP contribution < -0.4 is 10.1 Å². The van der Waals surface area contributed by atoms with Gasteiger partial charge >= 0.3 is 0 Å². The van der Waals surface area contributed by atoms with E-state index in [1.165, 1.54) is 0 Å². The third kappa shape index (κ3) is 3.85. The van der Waals surface area contributed by atoms with Gasteiger partial charge in [0.15, 0.2) is 6.10 Å². The lowest BCUT2D eigenvalue weighted by atomic mass is 10.0. The second-order valence-electron chi connectivity index (χ2n) is 5.58. The van der Waals surface area contributed by atoms with Gasteiger partial charge in [-0.15, -0.1) is 0 Å². The number of benzene rings is 1. The molecule has 0 spiro atoms. The summed E-state index contributed by atoms with van der Waals surface area (Å²) in [5.41, 5.74) is 2.59. The second kappa shape index (κ2) is 7.07. The third-order valence-corrected chi connectivity index (χ3v) is 3.48. The molecule has 4 nitrogen and oxygen atoms in total. The number of amides is 1. The molecule has 0 radical (unpaired) electrons. The summed E-state index contributed by atoms with van der Waals surface area (Å²) in [6.45, 7) is 7.81. The zero-order valence-corrected chi connectivity index (χ0v) is 13.5. The van der Waals surface area contributed by atoms with Crippen LogP contribution in [-0.2, 0) is 4.79 Å². The first kappa shape index (κ1) is 16.0. The highest BCUT2D eigenvalue weighted by molar-refractivity contribution is 5.94. The van der Waals surface area contributed by atoms with Gasteiger partial charge in [-0.3, -0.25) is 9.78 Å². The Balaban J connectivity index is 2.08. The molecule has 1 unspecified atom stereocenters. The van der Waals surface area contributed by atoms with Crippen molar-refractivity contribution in [3.63, 3.8) is 0 Å². The molecule has 4 heteroatoms. The van der Waals surface area contributed by atoms with Gasteiger partial charge in [0.05, 0.1) is 11.4 Å². The van der Waals surface area contributed by atoms with Gasteiger partial charge in [0, 0.05) is 6.20 Å². The van der Waals surface area contributed by atoms with Gasteiger partial charge in [0.2, 0.25) is 0 Å². The lowest BCUT2D eigenvalue weighted by molar-refractivity contribution is -0.122. The zero-order valence-electron chi connectivity index (χ0n) is 13.5. The van der Waals surface area contributed by atoms with Crippen LogP contribution in [0.15, 0.2) is 42.6 Å². The van der Waals surface area contributed by atoms with Crippen molar-refractivity contribution in [3.8, 4) is 5.75 Å². The van der Waals surface area contributed by atoms with E-state index in [0.29, 0.717) is 11.6 Å². The molecule has 1 heterocycles. The van der Waals surface area contributed by atoms with Crippen LogP contribution in [0.1, 0.15) is 37.9 Å². The minimum Gasteiger partial charge on any atom is -0.481 e. The number of hydrogen-bond acceptors (Lipinski definition) is 3. The number of carbonyl (C=O) groups excluding carboxylic acids is 1. The minimum atomic E-state index is -0.584. The first-order valence-corrected chi connectivity index (χ1v) is 7.47. The van der Waals surface area contributed by atoms with Gasteiger partial charge in [0.25, 0.3) is 5.91 Å². The number of ether oxygens (including phenoxy) is 1. The monoisotopic (exact) mass is 298 g/mol. The van der Waals surface area contributed by atoms with Crippen molar-refractivity contribution in [2.75, 3.05) is 5.32 Å². The number of rotatable bonds is 5. The maximum absolute atomic E-state index is 12.3. The van der Waals surface area contributed by atoms with Crippen LogP contribution in [0.25, 0.3) is 0 Å². The molecule has 1 aromatic heterocycles. The molecule has 1 amide bonds. The molecular weight excluding hydrogens is 276 g/mol. The van der Waals surface area contributed by atoms with Crippen LogP contribution in [0.4, 0.5) is 5.69 Å². The molecule has 0 bridgehead atoms. The molecule has 0 fully saturated rings. The van der Waals surface area contributed by atoms with E-state index >= 15 is 0 Å². The number of nitrogens with one attached hydrogen (secondary N) is 1. The van der Waals surface area contributed by atoms with E-state index in [4.69, 9.17) is 4.74 Å². The molecule has 0 aliphatic rings. The van der Waals surface area contributed by atoms with Gasteiger partial charge in [-0.25, -0.2) is 0 Å². The fraction of sp³-hybridized carbons (Fsp3) is 0.333. The Labute approximate surface area is 131 Å². The minimum absolute atomic E-state index is 0.186. The Morgan fingerprint density at radius 1 is 1.14 bits per heavy atom. The summed E-state index contributed by atoms with van der Waals surface area (Å²) in [6.07, 6.45) is 1.11. The highest BCUT2D eigenvalue weighted by Gasteiger charge is 2.18. The largest absolute Gasteiger partial charge is 0.481 e. The van der Waals surface area contributed by atoms with Crippen molar-refractivity contribution < 1.29 is 9.53 Å². The first-order chi connectivity index (χ1) is 10.5. The number of pyridine rings is 1. The summed E-state index contributed by atoms with van der Waals surface area (Å²) in [5.74, 6) is 0.907. The number of anilines is 1. The molecular formula is C18H22N2O2. The third-order valence-electron chi connectivity index (χ3n) is 3.48. The number of aromatic nitrogens is 1. The molecule has 1 aromatic carbocycles. The van der Waals surface area contributed by atoms with E-state index in [0.717, 1.165) is 17.0 Å². The zero-order chi connectivity index (χ0) is 16.1. The average Bonchev–Trinajstić information content (AvgIpc) is 2.49. The molecule has 0 aliphatic heterocycles. The Bertz CT molecular complexity index is 653. The topological polar surface area (TPSA) is 51.2 Å². The van der Waals surface area contributed by atoms with E-state index in [2.05, 4.69) is 24.1 Å². The van der Waals surface area contributed by atoms with Crippen LogP contribution >= 0.6 is 0 Å². The molecule has 0 saturated carbocycles. The normalized spacial score (nSPS) is 12.0. The predicted molar refractivity (Wildman–Crippen MR) is 88.2 cm³/mol. The standard InChI is InChI=1S/C18H22N2O2/c1-12(2)15-8-5-6-10-17(15)22-14(4)18(21)20-16-9-7-11-19-13(16)3/h5-12,14H,1-4H3,(H,20,21). The molecule has 22 heavy (non-hydrogen) atoms. The summed E-state index contributed by atoms with van der Waals surface area (Å²) in [4.78, 5) is 16.4. The van der Waals surface area contributed by atoms with Crippen molar-refractivity contribution in [2.24, 2.45) is 0 Å². The fourth-order valence-corrected chi connectivity index (χ4v) is 2.16. The van der Waals surface area contributed by atoms with Gasteiger partial charge in [-0.1, -0.05) is 32.0 Å². The Hall–Kier alpha value is -2.36. The summed E-state index contributed by atoms with van der Waals surface area (Å²) in [6, 6.07) is 11.4. The predicted octanol–water partition coefficient (Wildman–Crippen LogP) is 3.92. The summed E-state index contributed by atoms with van der Waals surface area (Å²) in [7, 11) is 0. The maximum Gasteiger partial charge on any atom is 0.265 e. The summed E-state index contributed by atoms with van der Waals surface area (Å²) < 4.78 is 5.85. The Kier molecular flexibility index (Phi) is 5.15. The van der Waals surface area contributed by atoms with E-state index < -0.39 is 6.10 Å². The lowest BCUT2D eigenvalue weighted by Gasteiger charge is -2.19. The maximum atomic E-state index is 12.3. The van der Waals surface area contributed by atoms with Crippen molar-refractivity contribution in [3.05, 3.63) is 53.9 Å². The number of carbonyl (C=O) groups is 1. The molecule has 2 aromatic rings. The SMILES string of the molecule is Cc1ncccc1NC(=O)C(C)Oc1ccccc1C(C)C. The molecule has 116 valence electrons. The number of aryl methyl sites for hydroxylation is 1. The van der Waals surface area contributed by atoms with Crippen LogP contribution in [0, 0.1) is 6.92 Å². The number of hydrogen-bond donors (Lipinski definition) is 1. The second-order valence-corrected chi connectivity index (χ2v) is 5.58. The van der Waals surface area contributed by atoms with Crippen molar-refractivity contribution in [1.82, 2.24) is 4.98 Å². The van der Waals surface area contributed by atoms with E-state index in [9.17, 15) is 4.79 Å². The summed E-state index contributed by atoms with van der Waals surface area (Å²) >= 11 is 0. The van der Waals surface area contributed by atoms with E-state index in [1.807, 2.05) is 37.3 Å². The van der Waals surface area contributed by atoms with Crippen molar-refractivity contribution in [1.29, 1.82) is 0 Å². The van der Waals surface area contributed by atoms with Crippen LogP contribution in [0.3, 0.4) is 0 Å². The molecule has 2 rings (SSSR count). The van der Waals surface area contributed by atoms with Gasteiger partial charge in [-0.2, -0.15) is 0 Å². The average molecular weight is 298 g/mol. The Morgan fingerprint density at radius 3 is 2.55 bits per heavy atom. The quantitative estimate of drug-likeness (QED) is 0.910. The van der Waals surface area contributed by atoms with Gasteiger partial charge in [0.1, 0.15) is 5.75 Å². The smallest absolute Gasteiger partial charge is 0.265 e. The van der Waals surface area contributed by atoms with E-state index in [1.54, 1.807) is 19.2 Å². The van der Waals surface area contributed by atoms with Crippen LogP contribution in [0.2, 0.25) is 0 Å². The van der Waals surface area contributed by atoms with Gasteiger partial charge in [-0.05, 0) is 43.5 Å². The lowest BCUT2D eigenvalue weighted by Crippen LogP contribution is -2.30. The molecule has 0 aliphatic carbocycles. The van der Waals surface area contributed by atoms with Crippen molar-refractivity contribution in [2.45, 2.75) is 39.7 Å². The molecule has 1 atom stereocenters. The van der Waals surface area contributed by atoms with Gasteiger partial charge < -0.3 is 10.1 Å². The van der Waals surface area contributed by atoms with Crippen LogP contribution in [0.5, 0.6) is 5.75 Å². The molecule has 0 saturated heterocycles. The molecule has 1 N–H and O–H groups in total. The number of para-hydroxylation sites is 1. The first-order valence-electron chi connectivity index (χ1n) is 7.47. The highest BCUT2D eigenvalue weighted by atomic mass is 16.5. The van der Waals surface area contributed by atoms with Crippen LogP contribution in [-0.4, -0.2) is 17.0 Å². The van der Waals surface area contributed by atoms with Crippen molar-refractivity contribution >= 4 is 11.6 Å².